The molecule has 3 rings (SSSR count). The zero-order valence-electron chi connectivity index (χ0n) is 11.5. The molecule has 0 spiro atoms. The van der Waals surface area contributed by atoms with Gasteiger partial charge in [-0.25, -0.2) is 0 Å². The maximum absolute atomic E-state index is 12.4. The molecule has 1 aromatic heterocycles. The zero-order chi connectivity index (χ0) is 14.8. The molecule has 1 amide bonds. The van der Waals surface area contributed by atoms with Gasteiger partial charge < -0.3 is 9.52 Å². The molecule has 0 unspecified atom stereocenters. The fraction of sp³-hybridized carbons (Fsp3) is 0.125. The summed E-state index contributed by atoms with van der Waals surface area (Å²) < 4.78 is 5.38. The predicted molar refractivity (Wildman–Crippen MR) is 79.6 cm³/mol. The van der Waals surface area contributed by atoms with Crippen LogP contribution in [0.4, 0.5) is 5.69 Å². The Balaban J connectivity index is 1.92. The van der Waals surface area contributed by atoms with Crippen molar-refractivity contribution in [1.29, 1.82) is 0 Å². The van der Waals surface area contributed by atoms with Crippen LogP contribution < -0.4 is 5.01 Å². The molecule has 0 bridgehead atoms. The normalized spacial score (nSPS) is 16.7. The van der Waals surface area contributed by atoms with E-state index < -0.39 is 0 Å². The van der Waals surface area contributed by atoms with Crippen molar-refractivity contribution in [3.63, 3.8) is 0 Å². The number of furan rings is 1. The summed E-state index contributed by atoms with van der Waals surface area (Å²) in [5.74, 6) is 0.786. The third-order valence-corrected chi connectivity index (χ3v) is 3.19. The van der Waals surface area contributed by atoms with Crippen molar-refractivity contribution < 1.29 is 14.3 Å². The van der Waals surface area contributed by atoms with Crippen LogP contribution in [0.3, 0.4) is 0 Å². The number of amides is 1. The van der Waals surface area contributed by atoms with Gasteiger partial charge in [0, 0.05) is 0 Å². The number of aliphatic hydroxyl groups is 1. The molecule has 5 heteroatoms. The van der Waals surface area contributed by atoms with E-state index in [0.717, 1.165) is 5.69 Å². The summed E-state index contributed by atoms with van der Waals surface area (Å²) in [6.45, 7) is 1.61. The monoisotopic (exact) mass is 282 g/mol. The molecule has 1 aliphatic rings. The van der Waals surface area contributed by atoms with E-state index in [1.165, 1.54) is 5.01 Å². The highest BCUT2D eigenvalue weighted by molar-refractivity contribution is 6.32. The number of rotatable bonds is 3. The minimum absolute atomic E-state index is 0.166. The van der Waals surface area contributed by atoms with Gasteiger partial charge in [-0.1, -0.05) is 18.2 Å². The summed E-state index contributed by atoms with van der Waals surface area (Å²) in [7, 11) is 0. The molecule has 0 fully saturated rings. The fourth-order valence-electron chi connectivity index (χ4n) is 2.13. The number of hydrogen-bond acceptors (Lipinski definition) is 4. The first-order valence-electron chi connectivity index (χ1n) is 6.55. The molecule has 0 atom stereocenters. The van der Waals surface area contributed by atoms with Crippen LogP contribution in [0.1, 0.15) is 18.4 Å². The standard InChI is InChI=1S/C16H14N2O3/c1-11-15(9-13-7-8-14(10-19)21-13)16(20)18(17-11)12-5-3-2-4-6-12/h2-9,19H,10H2,1H3/b15-9-. The van der Waals surface area contributed by atoms with E-state index in [0.29, 0.717) is 22.8 Å². The average molecular weight is 282 g/mol. The summed E-state index contributed by atoms with van der Waals surface area (Å²) in [5, 5.41) is 14.7. The minimum Gasteiger partial charge on any atom is -0.459 e. The van der Waals surface area contributed by atoms with Crippen LogP contribution in [0.2, 0.25) is 0 Å². The Morgan fingerprint density at radius 3 is 2.67 bits per heavy atom. The maximum Gasteiger partial charge on any atom is 0.280 e. The van der Waals surface area contributed by atoms with Gasteiger partial charge in [-0.05, 0) is 37.3 Å². The summed E-state index contributed by atoms with van der Waals surface area (Å²) in [6, 6.07) is 12.6. The number of hydrazone groups is 1. The Labute approximate surface area is 121 Å². The SMILES string of the molecule is CC1=NN(c2ccccc2)C(=O)/C1=C\c1ccc(CO)o1. The van der Waals surface area contributed by atoms with Crippen LogP contribution >= 0.6 is 0 Å². The van der Waals surface area contributed by atoms with Gasteiger partial charge in [0.25, 0.3) is 5.91 Å². The van der Waals surface area contributed by atoms with Crippen molar-refractivity contribution in [2.45, 2.75) is 13.5 Å². The highest BCUT2D eigenvalue weighted by atomic mass is 16.4. The van der Waals surface area contributed by atoms with Crippen LogP contribution in [-0.2, 0) is 11.4 Å². The molecule has 1 aliphatic heterocycles. The summed E-state index contributed by atoms with van der Waals surface area (Å²) >= 11 is 0. The third kappa shape index (κ3) is 2.51. The van der Waals surface area contributed by atoms with Crippen molar-refractivity contribution in [3.8, 4) is 0 Å². The Kier molecular flexibility index (Phi) is 3.41. The van der Waals surface area contributed by atoms with Gasteiger partial charge in [0.1, 0.15) is 18.1 Å². The zero-order valence-corrected chi connectivity index (χ0v) is 11.5. The van der Waals surface area contributed by atoms with E-state index in [4.69, 9.17) is 9.52 Å². The number of carbonyl (C=O) groups excluding carboxylic acids is 1. The molecule has 0 radical (unpaired) electrons. The third-order valence-electron chi connectivity index (χ3n) is 3.19. The molecule has 0 aliphatic carbocycles. The lowest BCUT2D eigenvalue weighted by Crippen LogP contribution is -2.21. The second-order valence-electron chi connectivity index (χ2n) is 4.66. The van der Waals surface area contributed by atoms with E-state index in [9.17, 15) is 4.79 Å². The number of nitrogens with zero attached hydrogens (tertiary/aromatic N) is 2. The van der Waals surface area contributed by atoms with Crippen molar-refractivity contribution >= 4 is 23.4 Å². The van der Waals surface area contributed by atoms with Crippen LogP contribution in [0, 0.1) is 0 Å². The number of anilines is 1. The topological polar surface area (TPSA) is 66.0 Å². The Morgan fingerprint density at radius 1 is 1.24 bits per heavy atom. The lowest BCUT2D eigenvalue weighted by Gasteiger charge is -2.10. The van der Waals surface area contributed by atoms with Crippen LogP contribution in [0.25, 0.3) is 6.08 Å². The van der Waals surface area contributed by atoms with Crippen molar-refractivity contribution in [1.82, 2.24) is 0 Å². The number of aliphatic hydroxyl groups excluding tert-OH is 1. The molecular weight excluding hydrogens is 268 g/mol. The van der Waals surface area contributed by atoms with Gasteiger partial charge in [0.05, 0.1) is 17.0 Å². The molecule has 0 saturated carbocycles. The molecule has 2 heterocycles. The summed E-state index contributed by atoms with van der Waals surface area (Å²) in [6.07, 6.45) is 1.64. The molecule has 106 valence electrons. The first kappa shape index (κ1) is 13.3. The van der Waals surface area contributed by atoms with Crippen molar-refractivity contribution in [2.75, 3.05) is 5.01 Å². The Morgan fingerprint density at radius 2 is 2.00 bits per heavy atom. The maximum atomic E-state index is 12.4. The second kappa shape index (κ2) is 5.38. The lowest BCUT2D eigenvalue weighted by atomic mass is 10.1. The van der Waals surface area contributed by atoms with Crippen molar-refractivity contribution in [2.24, 2.45) is 5.10 Å². The summed E-state index contributed by atoms with van der Waals surface area (Å²) in [4.78, 5) is 12.4. The minimum atomic E-state index is -0.194. The molecule has 1 aromatic carbocycles. The highest BCUT2D eigenvalue weighted by Gasteiger charge is 2.28. The smallest absolute Gasteiger partial charge is 0.280 e. The molecule has 5 nitrogen and oxygen atoms in total. The predicted octanol–water partition coefficient (Wildman–Crippen LogP) is 2.58. The average Bonchev–Trinajstić information content (AvgIpc) is 3.08. The van der Waals surface area contributed by atoms with Crippen LogP contribution in [0.5, 0.6) is 0 Å². The van der Waals surface area contributed by atoms with E-state index >= 15 is 0 Å². The number of carbonyl (C=O) groups is 1. The first-order valence-corrected chi connectivity index (χ1v) is 6.55. The molecule has 2 aromatic rings. The van der Waals surface area contributed by atoms with Crippen LogP contribution in [-0.4, -0.2) is 16.7 Å². The van der Waals surface area contributed by atoms with Gasteiger partial charge in [-0.15, -0.1) is 0 Å². The highest BCUT2D eigenvalue weighted by Crippen LogP contribution is 2.25. The van der Waals surface area contributed by atoms with E-state index in [1.807, 2.05) is 30.3 Å². The van der Waals surface area contributed by atoms with Gasteiger partial charge in [0.15, 0.2) is 0 Å². The number of para-hydroxylation sites is 1. The van der Waals surface area contributed by atoms with E-state index in [-0.39, 0.29) is 12.5 Å². The first-order chi connectivity index (χ1) is 10.2. The van der Waals surface area contributed by atoms with E-state index in [2.05, 4.69) is 5.10 Å². The largest absolute Gasteiger partial charge is 0.459 e. The fourth-order valence-corrected chi connectivity index (χ4v) is 2.13. The van der Waals surface area contributed by atoms with Gasteiger partial charge in [-0.2, -0.15) is 10.1 Å². The molecule has 0 saturated heterocycles. The quantitative estimate of drug-likeness (QED) is 0.880. The second-order valence-corrected chi connectivity index (χ2v) is 4.66. The van der Waals surface area contributed by atoms with Gasteiger partial charge in [-0.3, -0.25) is 4.79 Å². The Bertz CT molecular complexity index is 729. The van der Waals surface area contributed by atoms with Crippen molar-refractivity contribution in [3.05, 3.63) is 59.6 Å². The van der Waals surface area contributed by atoms with Gasteiger partial charge in [0.2, 0.25) is 0 Å². The number of hydrogen-bond donors (Lipinski definition) is 1. The molecule has 1 N–H and O–H groups in total. The number of benzene rings is 1. The van der Waals surface area contributed by atoms with Gasteiger partial charge >= 0.3 is 0 Å². The Hall–Kier alpha value is -2.66. The molecule has 21 heavy (non-hydrogen) atoms. The van der Waals surface area contributed by atoms with E-state index in [1.54, 1.807) is 25.1 Å². The summed E-state index contributed by atoms with van der Waals surface area (Å²) in [5.41, 5.74) is 1.84. The molecular formula is C16H14N2O3. The lowest BCUT2D eigenvalue weighted by molar-refractivity contribution is -0.114. The van der Waals surface area contributed by atoms with Crippen LogP contribution in [0.15, 0.2) is 57.6 Å².